The van der Waals surface area contributed by atoms with Crippen molar-refractivity contribution in [1.82, 2.24) is 20.4 Å². The van der Waals surface area contributed by atoms with Crippen molar-refractivity contribution in [2.75, 3.05) is 20.2 Å². The van der Waals surface area contributed by atoms with Crippen LogP contribution in [-0.4, -0.2) is 59.1 Å². The lowest BCUT2D eigenvalue weighted by molar-refractivity contribution is -0.150. The molecule has 1 aliphatic rings. The Morgan fingerprint density at radius 1 is 1.50 bits per heavy atom. The van der Waals surface area contributed by atoms with Gasteiger partial charge in [-0.1, -0.05) is 5.16 Å². The summed E-state index contributed by atoms with van der Waals surface area (Å²) >= 11 is 1.53. The van der Waals surface area contributed by atoms with E-state index in [0.29, 0.717) is 24.8 Å². The smallest absolute Gasteiger partial charge is 0.308 e. The molecule has 2 amide bonds. The molecule has 2 aromatic rings. The van der Waals surface area contributed by atoms with Gasteiger partial charge in [-0.05, 0) is 11.4 Å². The third-order valence-electron chi connectivity index (χ3n) is 4.04. The molecule has 26 heavy (non-hydrogen) atoms. The first-order chi connectivity index (χ1) is 12.6. The molecule has 9 nitrogen and oxygen atoms in total. The first-order valence-corrected chi connectivity index (χ1v) is 9.02. The Balaban J connectivity index is 1.61. The van der Waals surface area contributed by atoms with Crippen LogP contribution in [0.1, 0.15) is 18.7 Å². The van der Waals surface area contributed by atoms with Crippen LogP contribution in [-0.2, 0) is 25.5 Å². The van der Waals surface area contributed by atoms with Gasteiger partial charge in [-0.2, -0.15) is 16.3 Å². The summed E-state index contributed by atoms with van der Waals surface area (Å²) in [6, 6.07) is 1.03. The highest BCUT2D eigenvalue weighted by atomic mass is 32.1. The lowest BCUT2D eigenvalue weighted by Gasteiger charge is -2.34. The summed E-state index contributed by atoms with van der Waals surface area (Å²) < 4.78 is 9.78. The summed E-state index contributed by atoms with van der Waals surface area (Å²) in [6.07, 6.45) is 0.201. The van der Waals surface area contributed by atoms with Crippen LogP contribution in [0.5, 0.6) is 0 Å². The van der Waals surface area contributed by atoms with Crippen molar-refractivity contribution in [3.05, 3.63) is 22.7 Å². The molecule has 10 heteroatoms. The quantitative estimate of drug-likeness (QED) is 0.733. The Morgan fingerprint density at radius 2 is 2.35 bits per heavy atom. The Bertz CT molecular complexity index is 788. The van der Waals surface area contributed by atoms with Crippen LogP contribution in [0, 0.1) is 0 Å². The topological polar surface area (TPSA) is 115 Å². The molecule has 0 radical (unpaired) electrons. The number of carbonyl (C=O) groups is 3. The van der Waals surface area contributed by atoms with Gasteiger partial charge in [0, 0.05) is 36.9 Å². The highest BCUT2D eigenvalue weighted by Crippen LogP contribution is 2.19. The van der Waals surface area contributed by atoms with Crippen LogP contribution in [0.3, 0.4) is 0 Å². The fraction of sp³-hybridized carbons (Fsp3) is 0.438. The Kier molecular flexibility index (Phi) is 5.61. The van der Waals surface area contributed by atoms with Crippen molar-refractivity contribution in [3.8, 4) is 11.4 Å². The normalized spacial score (nSPS) is 17.0. The molecule has 1 fully saturated rings. The van der Waals surface area contributed by atoms with Gasteiger partial charge < -0.3 is 19.5 Å². The number of amides is 2. The Hall–Kier alpha value is -2.75. The molecule has 1 aliphatic heterocycles. The molecule has 3 rings (SSSR count). The Labute approximate surface area is 153 Å². The minimum Gasteiger partial charge on any atom is -0.469 e. The maximum atomic E-state index is 12.5. The molecule has 0 saturated carbocycles. The number of ether oxygens (including phenoxy) is 1. The average Bonchev–Trinajstić information content (AvgIpc) is 3.32. The predicted octanol–water partition coefficient (Wildman–Crippen LogP) is 0.621. The molecular formula is C16H18N4O5S. The summed E-state index contributed by atoms with van der Waals surface area (Å²) in [7, 11) is 1.25. The highest BCUT2D eigenvalue weighted by molar-refractivity contribution is 7.08. The van der Waals surface area contributed by atoms with Crippen LogP contribution in [0.4, 0.5) is 0 Å². The molecule has 0 aliphatic carbocycles. The van der Waals surface area contributed by atoms with Gasteiger partial charge in [0.25, 0.3) is 0 Å². The largest absolute Gasteiger partial charge is 0.469 e. The van der Waals surface area contributed by atoms with E-state index in [2.05, 4.69) is 20.2 Å². The zero-order valence-corrected chi connectivity index (χ0v) is 15.0. The van der Waals surface area contributed by atoms with Crippen LogP contribution in [0.15, 0.2) is 21.3 Å². The monoisotopic (exact) mass is 378 g/mol. The third-order valence-corrected chi connectivity index (χ3v) is 4.72. The number of aromatic nitrogens is 2. The van der Waals surface area contributed by atoms with E-state index in [1.807, 2.05) is 16.8 Å². The standard InChI is InChI=1S/C16H18N4O5S/c1-24-14(22)8-11-16(23)17-5-6-20(11)13(21)3-2-12-18-15(19-25-12)10-4-7-26-9-10/h4,7,9,11H,2-3,5-6,8H2,1H3,(H,17,23). The summed E-state index contributed by atoms with van der Waals surface area (Å²) in [6.45, 7) is 0.696. The van der Waals surface area contributed by atoms with E-state index in [1.165, 1.54) is 23.3 Å². The van der Waals surface area contributed by atoms with Gasteiger partial charge in [-0.15, -0.1) is 0 Å². The van der Waals surface area contributed by atoms with Gasteiger partial charge in [-0.25, -0.2) is 0 Å². The number of aryl methyl sites for hydroxylation is 1. The van der Waals surface area contributed by atoms with E-state index < -0.39 is 12.0 Å². The van der Waals surface area contributed by atoms with Crippen LogP contribution in [0.25, 0.3) is 11.4 Å². The number of nitrogens with one attached hydrogen (secondary N) is 1. The van der Waals surface area contributed by atoms with Crippen LogP contribution >= 0.6 is 11.3 Å². The molecule has 138 valence electrons. The number of hydrogen-bond donors (Lipinski definition) is 1. The van der Waals surface area contributed by atoms with Crippen molar-refractivity contribution < 1.29 is 23.6 Å². The minimum atomic E-state index is -0.854. The summed E-state index contributed by atoms with van der Waals surface area (Å²) in [5.41, 5.74) is 0.863. The lowest BCUT2D eigenvalue weighted by atomic mass is 10.1. The molecule has 3 heterocycles. The van der Waals surface area contributed by atoms with Gasteiger partial charge in [0.2, 0.25) is 23.5 Å². The number of methoxy groups -OCH3 is 1. The van der Waals surface area contributed by atoms with Crippen molar-refractivity contribution >= 4 is 29.1 Å². The second-order valence-corrected chi connectivity index (χ2v) is 6.48. The van der Waals surface area contributed by atoms with E-state index in [9.17, 15) is 14.4 Å². The Morgan fingerprint density at radius 3 is 3.08 bits per heavy atom. The van der Waals surface area contributed by atoms with Crippen molar-refractivity contribution in [3.63, 3.8) is 0 Å². The van der Waals surface area contributed by atoms with E-state index in [0.717, 1.165) is 5.56 Å². The second kappa shape index (κ2) is 8.09. The molecular weight excluding hydrogens is 360 g/mol. The number of rotatable bonds is 6. The summed E-state index contributed by atoms with van der Waals surface area (Å²) in [5.74, 6) is -0.307. The number of nitrogens with zero attached hydrogens (tertiary/aromatic N) is 3. The van der Waals surface area contributed by atoms with E-state index in [-0.39, 0.29) is 31.1 Å². The first-order valence-electron chi connectivity index (χ1n) is 8.07. The van der Waals surface area contributed by atoms with Gasteiger partial charge in [0.05, 0.1) is 13.5 Å². The van der Waals surface area contributed by atoms with E-state index in [1.54, 1.807) is 0 Å². The average molecular weight is 378 g/mol. The molecule has 1 saturated heterocycles. The molecule has 2 aromatic heterocycles. The first kappa shape index (κ1) is 18.1. The minimum absolute atomic E-state index is 0.107. The molecule has 1 N–H and O–H groups in total. The van der Waals surface area contributed by atoms with E-state index in [4.69, 9.17) is 4.52 Å². The maximum Gasteiger partial charge on any atom is 0.308 e. The SMILES string of the molecule is COC(=O)CC1C(=O)NCCN1C(=O)CCc1nc(-c2ccsc2)no1. The lowest BCUT2D eigenvalue weighted by Crippen LogP contribution is -2.57. The zero-order chi connectivity index (χ0) is 18.5. The molecule has 0 aromatic carbocycles. The third kappa shape index (κ3) is 4.07. The van der Waals surface area contributed by atoms with Crippen molar-refractivity contribution in [1.29, 1.82) is 0 Å². The summed E-state index contributed by atoms with van der Waals surface area (Å²) in [4.78, 5) is 41.7. The van der Waals surface area contributed by atoms with Gasteiger partial charge in [0.1, 0.15) is 6.04 Å². The number of hydrogen-bond acceptors (Lipinski definition) is 8. The molecule has 0 bridgehead atoms. The fourth-order valence-corrected chi connectivity index (χ4v) is 3.31. The predicted molar refractivity (Wildman–Crippen MR) is 91.1 cm³/mol. The second-order valence-electron chi connectivity index (χ2n) is 5.70. The van der Waals surface area contributed by atoms with Crippen LogP contribution in [0.2, 0.25) is 0 Å². The van der Waals surface area contributed by atoms with Gasteiger partial charge in [-0.3, -0.25) is 14.4 Å². The molecule has 0 spiro atoms. The summed E-state index contributed by atoms with van der Waals surface area (Å²) in [5, 5.41) is 10.4. The molecule has 1 unspecified atom stereocenters. The van der Waals surface area contributed by atoms with Crippen molar-refractivity contribution in [2.45, 2.75) is 25.3 Å². The zero-order valence-electron chi connectivity index (χ0n) is 14.1. The van der Waals surface area contributed by atoms with Crippen LogP contribution < -0.4 is 5.32 Å². The number of piperazine rings is 1. The maximum absolute atomic E-state index is 12.5. The number of carbonyl (C=O) groups excluding carboxylic acids is 3. The van der Waals surface area contributed by atoms with Gasteiger partial charge >= 0.3 is 5.97 Å². The number of esters is 1. The van der Waals surface area contributed by atoms with Crippen molar-refractivity contribution in [2.24, 2.45) is 0 Å². The number of thiophene rings is 1. The molecule has 1 atom stereocenters. The highest BCUT2D eigenvalue weighted by Gasteiger charge is 2.34. The fourth-order valence-electron chi connectivity index (χ4n) is 2.68. The van der Waals surface area contributed by atoms with E-state index >= 15 is 0 Å². The van der Waals surface area contributed by atoms with Gasteiger partial charge in [0.15, 0.2) is 0 Å².